The zero-order valence-electron chi connectivity index (χ0n) is 8.76. The molecule has 0 bridgehead atoms. The summed E-state index contributed by atoms with van der Waals surface area (Å²) in [6, 6.07) is 2.04. The maximum Gasteiger partial charge on any atom is 0.338 e. The summed E-state index contributed by atoms with van der Waals surface area (Å²) in [4.78, 5) is 11.0. The summed E-state index contributed by atoms with van der Waals surface area (Å²) in [7, 11) is 0. The number of halogens is 1. The van der Waals surface area contributed by atoms with Crippen molar-refractivity contribution in [1.29, 1.82) is 0 Å². The molecule has 17 heavy (non-hydrogen) atoms. The van der Waals surface area contributed by atoms with Crippen LogP contribution in [0.2, 0.25) is 0 Å². The second-order valence-corrected chi connectivity index (χ2v) is 4.38. The van der Waals surface area contributed by atoms with Crippen molar-refractivity contribution in [1.82, 2.24) is 0 Å². The van der Waals surface area contributed by atoms with E-state index in [0.29, 0.717) is 4.90 Å². The number of carbonyl (C=O) groups is 1. The van der Waals surface area contributed by atoms with Crippen molar-refractivity contribution in [3.05, 3.63) is 23.5 Å². The molecular weight excluding hydrogens is 249 g/mol. The molecule has 0 heterocycles. The average molecular weight is 261 g/mol. The minimum atomic E-state index is -1.39. The maximum atomic E-state index is 13.3. The highest BCUT2D eigenvalue weighted by molar-refractivity contribution is 7.99. The number of thioether (sulfide) groups is 1. The monoisotopic (exact) mass is 261 g/mol. The average Bonchev–Trinajstić information content (AvgIpc) is 2.28. The molecule has 1 rings (SSSR count). The molecule has 1 aromatic rings. The Kier molecular flexibility index (Phi) is 4.73. The van der Waals surface area contributed by atoms with Gasteiger partial charge in [0.15, 0.2) is 0 Å². The second-order valence-electron chi connectivity index (χ2n) is 3.32. The number of hydrogen-bond donors (Lipinski definition) is 4. The largest absolute Gasteiger partial charge is 0.478 e. The fourth-order valence-corrected chi connectivity index (χ4v) is 1.99. The van der Waals surface area contributed by atoms with Gasteiger partial charge in [-0.1, -0.05) is 0 Å². The van der Waals surface area contributed by atoms with E-state index in [2.05, 4.69) is 0 Å². The van der Waals surface area contributed by atoms with Crippen LogP contribution in [0.4, 0.5) is 10.1 Å². The highest BCUT2D eigenvalue weighted by atomic mass is 32.2. The van der Waals surface area contributed by atoms with Crippen LogP contribution in [0, 0.1) is 5.82 Å². The number of nitrogens with two attached hydrogens (primary N) is 1. The van der Waals surface area contributed by atoms with Crippen molar-refractivity contribution in [2.45, 2.75) is 11.0 Å². The van der Waals surface area contributed by atoms with E-state index in [9.17, 15) is 9.18 Å². The summed E-state index contributed by atoms with van der Waals surface area (Å²) in [6.45, 7) is -0.400. The number of aromatic carboxylic acids is 1. The Balaban J connectivity index is 2.88. The van der Waals surface area contributed by atoms with Crippen molar-refractivity contribution >= 4 is 23.4 Å². The zero-order valence-corrected chi connectivity index (χ0v) is 9.58. The molecule has 0 aliphatic carbocycles. The van der Waals surface area contributed by atoms with E-state index >= 15 is 0 Å². The first-order chi connectivity index (χ1) is 7.95. The Morgan fingerprint density at radius 1 is 1.53 bits per heavy atom. The molecule has 0 saturated heterocycles. The fraction of sp³-hybridized carbons (Fsp3) is 0.300. The predicted octanol–water partition coefficient (Wildman–Crippen LogP) is 0.551. The SMILES string of the molecule is Nc1cc(C(=O)O)c(F)cc1SCC(O)CO. The van der Waals surface area contributed by atoms with E-state index in [4.69, 9.17) is 21.1 Å². The lowest BCUT2D eigenvalue weighted by Crippen LogP contribution is -2.14. The topological polar surface area (TPSA) is 104 Å². The van der Waals surface area contributed by atoms with Gasteiger partial charge in [0.2, 0.25) is 0 Å². The Labute approximate surface area is 101 Å². The molecule has 0 aliphatic rings. The molecule has 0 radical (unpaired) electrons. The van der Waals surface area contributed by atoms with Crippen LogP contribution >= 0.6 is 11.8 Å². The minimum absolute atomic E-state index is 0.124. The first-order valence-electron chi connectivity index (χ1n) is 4.69. The molecule has 1 aromatic carbocycles. The summed E-state index contributed by atoms with van der Waals surface area (Å²) in [5, 5.41) is 26.4. The Bertz CT molecular complexity index is 427. The zero-order chi connectivity index (χ0) is 13.0. The van der Waals surface area contributed by atoms with Crippen LogP contribution in [0.15, 0.2) is 17.0 Å². The normalized spacial score (nSPS) is 12.4. The van der Waals surface area contributed by atoms with E-state index in [-0.39, 0.29) is 11.4 Å². The summed E-state index contributed by atoms with van der Waals surface area (Å²) < 4.78 is 13.3. The maximum absolute atomic E-state index is 13.3. The van der Waals surface area contributed by atoms with Gasteiger partial charge in [0.05, 0.1) is 18.3 Å². The smallest absolute Gasteiger partial charge is 0.338 e. The lowest BCUT2D eigenvalue weighted by Gasteiger charge is -2.09. The number of rotatable bonds is 5. The molecule has 5 N–H and O–H groups in total. The summed E-state index contributed by atoms with van der Waals surface area (Å²) in [5.74, 6) is -2.12. The van der Waals surface area contributed by atoms with Gasteiger partial charge in [-0.15, -0.1) is 11.8 Å². The third kappa shape index (κ3) is 3.58. The van der Waals surface area contributed by atoms with Gasteiger partial charge in [0, 0.05) is 16.3 Å². The van der Waals surface area contributed by atoms with Gasteiger partial charge in [-0.25, -0.2) is 9.18 Å². The highest BCUT2D eigenvalue weighted by Gasteiger charge is 2.14. The van der Waals surface area contributed by atoms with Gasteiger partial charge in [-0.2, -0.15) is 0 Å². The molecule has 1 atom stereocenters. The molecule has 1 unspecified atom stereocenters. The van der Waals surface area contributed by atoms with E-state index < -0.39 is 30.1 Å². The Morgan fingerprint density at radius 2 is 2.18 bits per heavy atom. The van der Waals surface area contributed by atoms with Crippen molar-refractivity contribution in [2.24, 2.45) is 0 Å². The molecule has 0 aromatic heterocycles. The van der Waals surface area contributed by atoms with Gasteiger partial charge in [-0.3, -0.25) is 0 Å². The molecule has 0 fully saturated rings. The molecule has 5 nitrogen and oxygen atoms in total. The van der Waals surface area contributed by atoms with Crippen molar-refractivity contribution in [3.8, 4) is 0 Å². The number of carboxylic acid groups (broad SMARTS) is 1. The highest BCUT2D eigenvalue weighted by Crippen LogP contribution is 2.28. The number of carboxylic acids is 1. The number of hydrogen-bond acceptors (Lipinski definition) is 5. The second kappa shape index (κ2) is 5.85. The van der Waals surface area contributed by atoms with Crippen molar-refractivity contribution < 1.29 is 24.5 Å². The van der Waals surface area contributed by atoms with Crippen LogP contribution in [0.3, 0.4) is 0 Å². The number of nitrogen functional groups attached to an aromatic ring is 1. The van der Waals surface area contributed by atoms with Crippen molar-refractivity contribution in [2.75, 3.05) is 18.1 Å². The Morgan fingerprint density at radius 3 is 2.71 bits per heavy atom. The molecule has 94 valence electrons. The van der Waals surface area contributed by atoms with E-state index in [1.807, 2.05) is 0 Å². The van der Waals surface area contributed by atoms with E-state index in [1.165, 1.54) is 0 Å². The van der Waals surface area contributed by atoms with Gasteiger partial charge < -0.3 is 21.1 Å². The van der Waals surface area contributed by atoms with E-state index in [1.54, 1.807) is 0 Å². The van der Waals surface area contributed by atoms with Gasteiger partial charge >= 0.3 is 5.97 Å². The van der Waals surface area contributed by atoms with Gasteiger partial charge in [-0.05, 0) is 12.1 Å². The summed E-state index contributed by atoms with van der Waals surface area (Å²) >= 11 is 1.05. The molecule has 0 aliphatic heterocycles. The molecular formula is C10H12FNO4S. The molecule has 7 heteroatoms. The first-order valence-corrected chi connectivity index (χ1v) is 5.68. The van der Waals surface area contributed by atoms with Gasteiger partial charge in [0.25, 0.3) is 0 Å². The lowest BCUT2D eigenvalue weighted by atomic mass is 10.2. The van der Waals surface area contributed by atoms with Gasteiger partial charge in [0.1, 0.15) is 5.82 Å². The fourth-order valence-electron chi connectivity index (χ4n) is 1.10. The third-order valence-electron chi connectivity index (χ3n) is 1.97. The molecule has 0 saturated carbocycles. The third-order valence-corrected chi connectivity index (χ3v) is 3.19. The lowest BCUT2D eigenvalue weighted by molar-refractivity contribution is 0.0692. The number of aliphatic hydroxyl groups excluding tert-OH is 2. The van der Waals surface area contributed by atoms with Crippen LogP contribution in [0.5, 0.6) is 0 Å². The number of anilines is 1. The standard InChI is InChI=1S/C10H12FNO4S/c11-7-2-9(17-4-5(14)3-13)8(12)1-6(7)10(15)16/h1-2,5,13-14H,3-4,12H2,(H,15,16). The predicted molar refractivity (Wildman–Crippen MR) is 61.6 cm³/mol. The Hall–Kier alpha value is -1.31. The molecule has 0 amide bonds. The van der Waals surface area contributed by atoms with Crippen LogP contribution in [0.25, 0.3) is 0 Å². The van der Waals surface area contributed by atoms with Crippen molar-refractivity contribution in [3.63, 3.8) is 0 Å². The van der Waals surface area contributed by atoms with Crippen LogP contribution in [-0.4, -0.2) is 39.8 Å². The van der Waals surface area contributed by atoms with Crippen LogP contribution in [-0.2, 0) is 0 Å². The first kappa shape index (κ1) is 13.8. The van der Waals surface area contributed by atoms with E-state index in [0.717, 1.165) is 23.9 Å². The number of aliphatic hydroxyl groups is 2. The minimum Gasteiger partial charge on any atom is -0.478 e. The summed E-state index contributed by atoms with van der Waals surface area (Å²) in [5.41, 5.74) is 5.19. The van der Waals surface area contributed by atoms with Crippen LogP contribution in [0.1, 0.15) is 10.4 Å². The number of benzene rings is 1. The summed E-state index contributed by atoms with van der Waals surface area (Å²) in [6.07, 6.45) is -0.929. The quantitative estimate of drug-likeness (QED) is 0.456. The molecule has 0 spiro atoms. The van der Waals surface area contributed by atoms with Crippen LogP contribution < -0.4 is 5.73 Å².